The van der Waals surface area contributed by atoms with E-state index in [4.69, 9.17) is 4.52 Å². The van der Waals surface area contributed by atoms with E-state index >= 15 is 0 Å². The lowest BCUT2D eigenvalue weighted by Gasteiger charge is -2.30. The first kappa shape index (κ1) is 18.2. The lowest BCUT2D eigenvalue weighted by Crippen LogP contribution is -3.28. The zero-order chi connectivity index (χ0) is 18.6. The van der Waals surface area contributed by atoms with Crippen molar-refractivity contribution in [1.82, 2.24) is 10.5 Å². The van der Waals surface area contributed by atoms with Crippen LogP contribution in [0.1, 0.15) is 41.5 Å². The summed E-state index contributed by atoms with van der Waals surface area (Å²) in [6, 6.07) is 10.7. The number of amides is 1. The Labute approximate surface area is 160 Å². The van der Waals surface area contributed by atoms with E-state index in [1.807, 2.05) is 13.0 Å². The molecule has 1 fully saturated rings. The maximum Gasteiger partial charge on any atom is 0.275 e. The van der Waals surface area contributed by atoms with Crippen molar-refractivity contribution in [2.24, 2.45) is 0 Å². The molecule has 144 valence electrons. The first-order chi connectivity index (χ1) is 13.2. The van der Waals surface area contributed by atoms with Crippen molar-refractivity contribution in [3.05, 3.63) is 52.9 Å². The Hall–Kier alpha value is -2.18. The number of hydrogen-bond donors (Lipinski definition) is 3. The maximum atomic E-state index is 12.6. The molecule has 6 nitrogen and oxygen atoms in total. The van der Waals surface area contributed by atoms with Crippen LogP contribution >= 0.6 is 0 Å². The zero-order valence-corrected chi connectivity index (χ0v) is 16.1. The molecular weight excluding hydrogens is 340 g/mol. The number of rotatable bonds is 5. The number of benzene rings is 1. The smallest absolute Gasteiger partial charge is 0.275 e. The Morgan fingerprint density at radius 2 is 2.00 bits per heavy atom. The third-order valence-electron chi connectivity index (χ3n) is 5.89. The molecule has 0 bridgehead atoms. The van der Waals surface area contributed by atoms with Gasteiger partial charge in [-0.1, -0.05) is 29.4 Å². The van der Waals surface area contributed by atoms with Gasteiger partial charge in [-0.2, -0.15) is 0 Å². The summed E-state index contributed by atoms with van der Waals surface area (Å²) in [6.45, 7) is 7.62. The fraction of sp³-hybridized carbons (Fsp3) is 0.524. The van der Waals surface area contributed by atoms with Gasteiger partial charge in [0, 0.05) is 6.07 Å². The molecule has 1 aliphatic carbocycles. The predicted molar refractivity (Wildman–Crippen MR) is 101 cm³/mol. The summed E-state index contributed by atoms with van der Waals surface area (Å²) in [6.07, 6.45) is 3.33. The molecule has 2 heterocycles. The summed E-state index contributed by atoms with van der Waals surface area (Å²) in [5.41, 5.74) is 3.73. The summed E-state index contributed by atoms with van der Waals surface area (Å²) < 4.78 is 5.16. The number of aromatic nitrogens is 1. The van der Waals surface area contributed by atoms with Gasteiger partial charge in [-0.25, -0.2) is 0 Å². The zero-order valence-electron chi connectivity index (χ0n) is 16.1. The van der Waals surface area contributed by atoms with Crippen molar-refractivity contribution >= 4 is 5.91 Å². The van der Waals surface area contributed by atoms with Gasteiger partial charge < -0.3 is 19.6 Å². The molecule has 0 saturated carbocycles. The Balaban J connectivity index is 1.24. The van der Waals surface area contributed by atoms with Crippen molar-refractivity contribution in [3.8, 4) is 0 Å². The Morgan fingerprint density at radius 1 is 1.22 bits per heavy atom. The molecule has 3 N–H and O–H groups in total. The number of fused-ring (bicyclic) bond motifs is 1. The summed E-state index contributed by atoms with van der Waals surface area (Å²) in [4.78, 5) is 15.5. The van der Waals surface area contributed by atoms with Gasteiger partial charge in [0.1, 0.15) is 44.2 Å². The van der Waals surface area contributed by atoms with Crippen LogP contribution in [0.15, 0.2) is 34.9 Å². The Morgan fingerprint density at radius 3 is 2.78 bits per heavy atom. The number of aryl methyl sites for hydroxylation is 2. The largest absolute Gasteiger partial charge is 0.361 e. The van der Waals surface area contributed by atoms with E-state index in [-0.39, 0.29) is 11.9 Å². The molecule has 0 spiro atoms. The summed E-state index contributed by atoms with van der Waals surface area (Å²) >= 11 is 0. The highest BCUT2D eigenvalue weighted by Gasteiger charge is 2.27. The van der Waals surface area contributed by atoms with Crippen molar-refractivity contribution in [2.75, 3.05) is 32.7 Å². The molecular formula is C21H30N4O2+2. The molecule has 1 amide bonds. The van der Waals surface area contributed by atoms with Crippen molar-refractivity contribution in [2.45, 2.75) is 38.8 Å². The van der Waals surface area contributed by atoms with Crippen LogP contribution in [0.3, 0.4) is 0 Å². The van der Waals surface area contributed by atoms with Gasteiger partial charge in [-0.05, 0) is 37.3 Å². The Kier molecular flexibility index (Phi) is 5.55. The quantitative estimate of drug-likeness (QED) is 0.663. The summed E-state index contributed by atoms with van der Waals surface area (Å²) in [5.74, 6) is 1.05. The first-order valence-corrected chi connectivity index (χ1v) is 10.1. The number of nitrogens with zero attached hydrogens (tertiary/aromatic N) is 1. The second kappa shape index (κ2) is 8.23. The molecule has 2 aromatic rings. The molecule has 1 atom stereocenters. The van der Waals surface area contributed by atoms with Gasteiger partial charge in [0.2, 0.25) is 0 Å². The van der Waals surface area contributed by atoms with Crippen LogP contribution in [0.25, 0.3) is 0 Å². The Bertz CT molecular complexity index is 780. The standard InChI is InChI=1S/C21H28N4O2/c1-16-13-18(23-27-16)14-24-9-11-25(12-10-24)15-21(26)22-20-8-4-6-17-5-2-3-7-19(17)20/h2-3,5,7,13,20H,4,6,8-12,14-15H2,1H3,(H,22,26)/p+2/t20-/m1/s1. The van der Waals surface area contributed by atoms with E-state index in [9.17, 15) is 4.79 Å². The highest BCUT2D eigenvalue weighted by molar-refractivity contribution is 5.77. The molecule has 0 radical (unpaired) electrons. The molecule has 6 heteroatoms. The lowest BCUT2D eigenvalue weighted by atomic mass is 9.88. The molecule has 0 unspecified atom stereocenters. The van der Waals surface area contributed by atoms with E-state index in [2.05, 4.69) is 34.7 Å². The molecule has 1 aromatic heterocycles. The molecule has 4 rings (SSSR count). The van der Waals surface area contributed by atoms with Gasteiger partial charge in [0.15, 0.2) is 6.54 Å². The normalized spacial score (nSPS) is 25.0. The van der Waals surface area contributed by atoms with Crippen LogP contribution in [-0.2, 0) is 17.8 Å². The van der Waals surface area contributed by atoms with Gasteiger partial charge in [-0.3, -0.25) is 4.79 Å². The maximum absolute atomic E-state index is 12.6. The van der Waals surface area contributed by atoms with Gasteiger partial charge in [0.25, 0.3) is 5.91 Å². The van der Waals surface area contributed by atoms with Gasteiger partial charge in [0.05, 0.1) is 6.04 Å². The topological polar surface area (TPSA) is 64.0 Å². The molecule has 1 saturated heterocycles. The second-order valence-electron chi connectivity index (χ2n) is 7.99. The van der Waals surface area contributed by atoms with E-state index in [1.54, 1.807) is 0 Å². The number of carbonyl (C=O) groups is 1. The third-order valence-corrected chi connectivity index (χ3v) is 5.89. The SMILES string of the molecule is Cc1cc(C[NH+]2CC[NH+](CC(=O)N[C@@H]3CCCc4ccccc43)CC2)no1. The summed E-state index contributed by atoms with van der Waals surface area (Å²) in [5, 5.41) is 7.38. The highest BCUT2D eigenvalue weighted by atomic mass is 16.5. The number of carbonyl (C=O) groups excluding carboxylic acids is 1. The fourth-order valence-corrected chi connectivity index (χ4v) is 4.44. The average molecular weight is 370 g/mol. The molecule has 2 aliphatic rings. The van der Waals surface area contributed by atoms with Crippen molar-refractivity contribution < 1.29 is 19.1 Å². The number of quaternary nitrogens is 2. The minimum atomic E-state index is 0.183. The summed E-state index contributed by atoms with van der Waals surface area (Å²) in [7, 11) is 0. The number of nitrogens with one attached hydrogen (secondary N) is 3. The van der Waals surface area contributed by atoms with Crippen molar-refractivity contribution in [1.29, 1.82) is 0 Å². The minimum absolute atomic E-state index is 0.183. The van der Waals surface area contributed by atoms with E-state index in [1.165, 1.54) is 20.9 Å². The monoisotopic (exact) mass is 370 g/mol. The van der Waals surface area contributed by atoms with Gasteiger partial charge >= 0.3 is 0 Å². The number of hydrogen-bond acceptors (Lipinski definition) is 3. The average Bonchev–Trinajstić information content (AvgIpc) is 3.08. The minimum Gasteiger partial charge on any atom is -0.361 e. The lowest BCUT2D eigenvalue weighted by molar-refractivity contribution is -1.02. The van der Waals surface area contributed by atoms with E-state index in [0.29, 0.717) is 6.54 Å². The van der Waals surface area contributed by atoms with Crippen LogP contribution in [0.4, 0.5) is 0 Å². The van der Waals surface area contributed by atoms with E-state index < -0.39 is 0 Å². The second-order valence-corrected chi connectivity index (χ2v) is 7.99. The predicted octanol–water partition coefficient (Wildman–Crippen LogP) is -0.540. The van der Waals surface area contributed by atoms with Crippen molar-refractivity contribution in [3.63, 3.8) is 0 Å². The van der Waals surface area contributed by atoms with Crippen LogP contribution in [0.5, 0.6) is 0 Å². The van der Waals surface area contributed by atoms with E-state index in [0.717, 1.165) is 63.4 Å². The highest BCUT2D eigenvalue weighted by Crippen LogP contribution is 2.29. The fourth-order valence-electron chi connectivity index (χ4n) is 4.44. The molecule has 1 aromatic carbocycles. The third kappa shape index (κ3) is 4.57. The molecule has 27 heavy (non-hydrogen) atoms. The van der Waals surface area contributed by atoms with Gasteiger partial charge in [-0.15, -0.1) is 0 Å². The number of piperazine rings is 1. The molecule has 1 aliphatic heterocycles. The van der Waals surface area contributed by atoms with Crippen LogP contribution < -0.4 is 15.1 Å². The van der Waals surface area contributed by atoms with Crippen LogP contribution in [0.2, 0.25) is 0 Å². The van der Waals surface area contributed by atoms with Crippen LogP contribution in [0, 0.1) is 6.92 Å². The van der Waals surface area contributed by atoms with Crippen LogP contribution in [-0.4, -0.2) is 43.8 Å². The first-order valence-electron chi connectivity index (χ1n) is 10.1.